The standard InChI is InChI=1S/C17H16Cl3NO2/c1-9-4-5-10(2)15(6-9)21-17(22)11(3)23-16-8-13(19)12(18)7-14(16)20/h4-8,11H,1-3H3,(H,21,22)/t11-/m1/s1. The minimum absolute atomic E-state index is 0.277. The second kappa shape index (κ2) is 7.43. The minimum Gasteiger partial charge on any atom is -0.479 e. The number of ether oxygens (including phenoxy) is 1. The number of aryl methyl sites for hydroxylation is 2. The van der Waals surface area contributed by atoms with E-state index in [0.717, 1.165) is 16.8 Å². The Balaban J connectivity index is 2.11. The van der Waals surface area contributed by atoms with Gasteiger partial charge in [-0.1, -0.05) is 46.9 Å². The van der Waals surface area contributed by atoms with Gasteiger partial charge in [0.2, 0.25) is 0 Å². The van der Waals surface area contributed by atoms with Crippen molar-refractivity contribution in [2.24, 2.45) is 0 Å². The van der Waals surface area contributed by atoms with E-state index in [2.05, 4.69) is 5.32 Å². The predicted octanol–water partition coefficient (Wildman–Crippen LogP) is 5.67. The predicted molar refractivity (Wildman–Crippen MR) is 96.1 cm³/mol. The van der Waals surface area contributed by atoms with E-state index in [-0.39, 0.29) is 5.91 Å². The van der Waals surface area contributed by atoms with Gasteiger partial charge in [-0.05, 0) is 44.0 Å². The highest BCUT2D eigenvalue weighted by Gasteiger charge is 2.18. The lowest BCUT2D eigenvalue weighted by Gasteiger charge is -2.17. The summed E-state index contributed by atoms with van der Waals surface area (Å²) >= 11 is 17.9. The van der Waals surface area contributed by atoms with Crippen LogP contribution in [0.4, 0.5) is 5.69 Å². The Bertz CT molecular complexity index is 747. The summed E-state index contributed by atoms with van der Waals surface area (Å²) in [5, 5.41) is 3.79. The maximum atomic E-state index is 12.3. The smallest absolute Gasteiger partial charge is 0.265 e. The van der Waals surface area contributed by atoms with Gasteiger partial charge in [0.1, 0.15) is 5.75 Å². The molecule has 3 nitrogen and oxygen atoms in total. The minimum atomic E-state index is -0.746. The highest BCUT2D eigenvalue weighted by Crippen LogP contribution is 2.34. The van der Waals surface area contributed by atoms with Crippen LogP contribution in [-0.4, -0.2) is 12.0 Å². The lowest BCUT2D eigenvalue weighted by Crippen LogP contribution is -2.30. The summed E-state index contributed by atoms with van der Waals surface area (Å²) in [6.07, 6.45) is -0.746. The number of benzene rings is 2. The average Bonchev–Trinajstić information content (AvgIpc) is 2.48. The third-order valence-corrected chi connectivity index (χ3v) is 4.32. The molecule has 0 aromatic heterocycles. The summed E-state index contributed by atoms with van der Waals surface area (Å²) < 4.78 is 5.60. The maximum absolute atomic E-state index is 12.3. The fourth-order valence-electron chi connectivity index (χ4n) is 1.94. The third kappa shape index (κ3) is 4.54. The van der Waals surface area contributed by atoms with E-state index < -0.39 is 6.10 Å². The van der Waals surface area contributed by atoms with E-state index >= 15 is 0 Å². The van der Waals surface area contributed by atoms with Crippen LogP contribution >= 0.6 is 34.8 Å². The summed E-state index contributed by atoms with van der Waals surface area (Å²) in [5.41, 5.74) is 2.79. The van der Waals surface area contributed by atoms with E-state index in [1.165, 1.54) is 12.1 Å². The van der Waals surface area contributed by atoms with Crippen molar-refractivity contribution in [3.63, 3.8) is 0 Å². The first kappa shape index (κ1) is 17.9. The topological polar surface area (TPSA) is 38.3 Å². The normalized spacial score (nSPS) is 11.9. The summed E-state index contributed by atoms with van der Waals surface area (Å²) in [5.74, 6) is 0.0329. The van der Waals surface area contributed by atoms with Gasteiger partial charge in [0.25, 0.3) is 5.91 Å². The van der Waals surface area contributed by atoms with Gasteiger partial charge in [-0.2, -0.15) is 0 Å². The number of rotatable bonds is 4. The Kier molecular flexibility index (Phi) is 5.79. The number of carbonyl (C=O) groups is 1. The summed E-state index contributed by atoms with van der Waals surface area (Å²) in [4.78, 5) is 12.3. The zero-order chi connectivity index (χ0) is 17.1. The van der Waals surface area contributed by atoms with Gasteiger partial charge >= 0.3 is 0 Å². The second-order valence-electron chi connectivity index (χ2n) is 5.26. The Morgan fingerprint density at radius 1 is 1.04 bits per heavy atom. The fraction of sp³-hybridized carbons (Fsp3) is 0.235. The number of halogens is 3. The van der Waals surface area contributed by atoms with Gasteiger partial charge in [0.05, 0.1) is 15.1 Å². The van der Waals surface area contributed by atoms with Crippen molar-refractivity contribution in [3.05, 3.63) is 56.5 Å². The van der Waals surface area contributed by atoms with Gasteiger partial charge in [0, 0.05) is 11.8 Å². The molecule has 23 heavy (non-hydrogen) atoms. The van der Waals surface area contributed by atoms with Gasteiger partial charge < -0.3 is 10.1 Å². The summed E-state index contributed by atoms with van der Waals surface area (Å²) in [6.45, 7) is 5.53. The van der Waals surface area contributed by atoms with Gasteiger partial charge in [0.15, 0.2) is 6.10 Å². The first-order chi connectivity index (χ1) is 10.8. The number of anilines is 1. The van der Waals surface area contributed by atoms with E-state index in [4.69, 9.17) is 39.5 Å². The molecular weight excluding hydrogens is 357 g/mol. The average molecular weight is 373 g/mol. The molecule has 0 fully saturated rings. The Hall–Kier alpha value is -1.42. The largest absolute Gasteiger partial charge is 0.479 e. The van der Waals surface area contributed by atoms with E-state index in [1.54, 1.807) is 6.92 Å². The molecule has 122 valence electrons. The van der Waals surface area contributed by atoms with Gasteiger partial charge in [-0.15, -0.1) is 0 Å². The van der Waals surface area contributed by atoms with E-state index in [0.29, 0.717) is 20.8 Å². The van der Waals surface area contributed by atoms with Gasteiger partial charge in [-0.3, -0.25) is 4.79 Å². The van der Waals surface area contributed by atoms with Crippen LogP contribution in [0.15, 0.2) is 30.3 Å². The molecule has 0 saturated heterocycles. The van der Waals surface area contributed by atoms with Crippen LogP contribution in [0.5, 0.6) is 5.75 Å². The Morgan fingerprint density at radius 3 is 2.39 bits per heavy atom. The summed E-state index contributed by atoms with van der Waals surface area (Å²) in [6, 6.07) is 8.82. The van der Waals surface area contributed by atoms with Crippen molar-refractivity contribution in [2.45, 2.75) is 26.9 Å². The molecule has 6 heteroatoms. The first-order valence-corrected chi connectivity index (χ1v) is 8.10. The molecule has 0 aliphatic rings. The molecule has 2 aromatic carbocycles. The van der Waals surface area contributed by atoms with Crippen molar-refractivity contribution in [2.75, 3.05) is 5.32 Å². The molecule has 0 unspecified atom stereocenters. The van der Waals surface area contributed by atoms with Crippen LogP contribution in [0.25, 0.3) is 0 Å². The molecule has 1 atom stereocenters. The van der Waals surface area contributed by atoms with Crippen molar-refractivity contribution in [3.8, 4) is 5.75 Å². The molecule has 0 aliphatic heterocycles. The highest BCUT2D eigenvalue weighted by atomic mass is 35.5. The second-order valence-corrected chi connectivity index (χ2v) is 6.49. The monoisotopic (exact) mass is 371 g/mol. The summed E-state index contributed by atoms with van der Waals surface area (Å²) in [7, 11) is 0. The van der Waals surface area contributed by atoms with Crippen LogP contribution in [0.1, 0.15) is 18.1 Å². The van der Waals surface area contributed by atoms with Crippen LogP contribution < -0.4 is 10.1 Å². The number of carbonyl (C=O) groups excluding carboxylic acids is 1. The maximum Gasteiger partial charge on any atom is 0.265 e. The molecule has 0 bridgehead atoms. The molecule has 2 rings (SSSR count). The van der Waals surface area contributed by atoms with Crippen molar-refractivity contribution in [1.29, 1.82) is 0 Å². The number of nitrogens with one attached hydrogen (secondary N) is 1. The lowest BCUT2D eigenvalue weighted by atomic mass is 10.1. The van der Waals surface area contributed by atoms with Crippen molar-refractivity contribution >= 4 is 46.4 Å². The van der Waals surface area contributed by atoms with E-state index in [1.807, 2.05) is 32.0 Å². The Morgan fingerprint density at radius 2 is 1.70 bits per heavy atom. The first-order valence-electron chi connectivity index (χ1n) is 6.97. The highest BCUT2D eigenvalue weighted by molar-refractivity contribution is 6.43. The van der Waals surface area contributed by atoms with Gasteiger partial charge in [-0.25, -0.2) is 0 Å². The number of hydrogen-bond acceptors (Lipinski definition) is 2. The number of amides is 1. The molecular formula is C17H16Cl3NO2. The molecule has 1 amide bonds. The number of hydrogen-bond donors (Lipinski definition) is 1. The Labute approximate surface area is 150 Å². The van der Waals surface area contributed by atoms with Crippen LogP contribution in [0.2, 0.25) is 15.1 Å². The molecule has 0 spiro atoms. The molecule has 1 N–H and O–H groups in total. The third-order valence-electron chi connectivity index (χ3n) is 3.30. The fourth-order valence-corrected chi connectivity index (χ4v) is 2.52. The van der Waals surface area contributed by atoms with Crippen LogP contribution in [-0.2, 0) is 4.79 Å². The van der Waals surface area contributed by atoms with Crippen molar-refractivity contribution in [1.82, 2.24) is 0 Å². The van der Waals surface area contributed by atoms with Crippen LogP contribution in [0.3, 0.4) is 0 Å². The lowest BCUT2D eigenvalue weighted by molar-refractivity contribution is -0.122. The molecule has 0 heterocycles. The zero-order valence-electron chi connectivity index (χ0n) is 12.9. The van der Waals surface area contributed by atoms with Crippen LogP contribution in [0, 0.1) is 13.8 Å². The zero-order valence-corrected chi connectivity index (χ0v) is 15.2. The van der Waals surface area contributed by atoms with Crippen molar-refractivity contribution < 1.29 is 9.53 Å². The molecule has 0 radical (unpaired) electrons. The molecule has 0 aliphatic carbocycles. The molecule has 0 saturated carbocycles. The quantitative estimate of drug-likeness (QED) is 0.702. The van der Waals surface area contributed by atoms with E-state index in [9.17, 15) is 4.79 Å². The molecule has 2 aromatic rings. The SMILES string of the molecule is Cc1ccc(C)c(NC(=O)[C@@H](C)Oc2cc(Cl)c(Cl)cc2Cl)c1.